The van der Waals surface area contributed by atoms with Gasteiger partial charge in [0.05, 0.1) is 6.61 Å². The molecule has 0 saturated carbocycles. The van der Waals surface area contributed by atoms with Crippen LogP contribution in [-0.4, -0.2) is 24.0 Å². The second kappa shape index (κ2) is 11.7. The Hall–Kier alpha value is -2.01. The SMILES string of the molecule is CCOC(=O)CCCCCCCCC1(C)C=Cc2cc(C(=N)N)ccc2O1.Cl. The lowest BCUT2D eigenvalue weighted by molar-refractivity contribution is -0.143. The molecule has 1 atom stereocenters. The Kier molecular flexibility index (Phi) is 10.1. The van der Waals surface area contributed by atoms with Gasteiger partial charge >= 0.3 is 5.97 Å². The van der Waals surface area contributed by atoms with E-state index < -0.39 is 0 Å². The predicted octanol–water partition coefficient (Wildman–Crippen LogP) is 5.24. The molecule has 0 aromatic heterocycles. The highest BCUT2D eigenvalue weighted by molar-refractivity contribution is 5.95. The molecular weight excluding hydrogens is 376 g/mol. The fourth-order valence-corrected chi connectivity index (χ4v) is 3.31. The van der Waals surface area contributed by atoms with Gasteiger partial charge in [-0.05, 0) is 57.4 Å². The van der Waals surface area contributed by atoms with E-state index >= 15 is 0 Å². The normalized spacial score (nSPS) is 17.2. The van der Waals surface area contributed by atoms with Crippen LogP contribution < -0.4 is 10.5 Å². The summed E-state index contributed by atoms with van der Waals surface area (Å²) >= 11 is 0. The number of nitrogens with two attached hydrogens (primary N) is 1. The number of ether oxygens (including phenoxy) is 2. The number of amidine groups is 1. The maximum Gasteiger partial charge on any atom is 0.305 e. The number of benzene rings is 1. The van der Waals surface area contributed by atoms with Gasteiger partial charge in [-0.1, -0.05) is 31.8 Å². The Morgan fingerprint density at radius 1 is 1.18 bits per heavy atom. The molecular formula is C22H33ClN2O3. The first-order valence-electron chi connectivity index (χ1n) is 9.96. The number of hydrogen-bond acceptors (Lipinski definition) is 4. The van der Waals surface area contributed by atoms with Crippen molar-refractivity contribution in [3.8, 4) is 5.75 Å². The smallest absolute Gasteiger partial charge is 0.305 e. The fourth-order valence-electron chi connectivity index (χ4n) is 3.31. The molecule has 1 heterocycles. The van der Waals surface area contributed by atoms with Gasteiger partial charge in [-0.25, -0.2) is 0 Å². The van der Waals surface area contributed by atoms with Crippen LogP contribution in [0.15, 0.2) is 24.3 Å². The van der Waals surface area contributed by atoms with Crippen LogP contribution >= 0.6 is 12.4 Å². The molecule has 0 saturated heterocycles. The molecule has 0 fully saturated rings. The third-order valence-corrected chi connectivity index (χ3v) is 4.89. The van der Waals surface area contributed by atoms with Crippen LogP contribution in [0.2, 0.25) is 0 Å². The summed E-state index contributed by atoms with van der Waals surface area (Å²) in [6, 6.07) is 5.62. The van der Waals surface area contributed by atoms with Crippen LogP contribution in [0.3, 0.4) is 0 Å². The second-order valence-corrected chi connectivity index (χ2v) is 7.34. The van der Waals surface area contributed by atoms with Gasteiger partial charge in [0.15, 0.2) is 0 Å². The molecule has 156 valence electrons. The van der Waals surface area contributed by atoms with E-state index in [1.165, 1.54) is 12.8 Å². The highest BCUT2D eigenvalue weighted by Crippen LogP contribution is 2.34. The third kappa shape index (κ3) is 7.55. The average Bonchev–Trinajstić information content (AvgIpc) is 2.63. The molecule has 0 bridgehead atoms. The van der Waals surface area contributed by atoms with Crippen molar-refractivity contribution < 1.29 is 14.3 Å². The molecule has 1 aliphatic heterocycles. The third-order valence-electron chi connectivity index (χ3n) is 4.89. The summed E-state index contributed by atoms with van der Waals surface area (Å²) in [4.78, 5) is 11.3. The quantitative estimate of drug-likeness (QED) is 0.227. The minimum absolute atomic E-state index is 0. The number of nitrogens with one attached hydrogen (secondary N) is 1. The Bertz CT molecular complexity index is 690. The number of unbranched alkanes of at least 4 members (excludes halogenated alkanes) is 5. The average molecular weight is 409 g/mol. The van der Waals surface area contributed by atoms with Gasteiger partial charge in [0, 0.05) is 17.5 Å². The van der Waals surface area contributed by atoms with E-state index in [1.807, 2.05) is 25.1 Å². The molecule has 5 nitrogen and oxygen atoms in total. The highest BCUT2D eigenvalue weighted by atomic mass is 35.5. The second-order valence-electron chi connectivity index (χ2n) is 7.34. The molecule has 0 aliphatic carbocycles. The van der Waals surface area contributed by atoms with Crippen molar-refractivity contribution in [3.05, 3.63) is 35.4 Å². The van der Waals surface area contributed by atoms with Crippen molar-refractivity contribution >= 4 is 30.3 Å². The van der Waals surface area contributed by atoms with Crippen molar-refractivity contribution in [2.75, 3.05) is 6.61 Å². The molecule has 28 heavy (non-hydrogen) atoms. The van der Waals surface area contributed by atoms with E-state index in [0.717, 1.165) is 43.4 Å². The zero-order valence-electron chi connectivity index (χ0n) is 17.0. The summed E-state index contributed by atoms with van der Waals surface area (Å²) in [5.74, 6) is 0.841. The lowest BCUT2D eigenvalue weighted by Gasteiger charge is -2.32. The molecule has 1 aromatic rings. The summed E-state index contributed by atoms with van der Waals surface area (Å²) in [5.41, 5.74) is 6.96. The molecule has 0 spiro atoms. The Labute approximate surface area is 174 Å². The lowest BCUT2D eigenvalue weighted by atomic mass is 9.93. The van der Waals surface area contributed by atoms with Crippen LogP contribution in [0.5, 0.6) is 5.75 Å². The summed E-state index contributed by atoms with van der Waals surface area (Å²) in [6.07, 6.45) is 12.3. The number of carbonyl (C=O) groups is 1. The summed E-state index contributed by atoms with van der Waals surface area (Å²) in [6.45, 7) is 4.42. The van der Waals surface area contributed by atoms with Crippen LogP contribution in [0.25, 0.3) is 6.08 Å². The molecule has 1 unspecified atom stereocenters. The van der Waals surface area contributed by atoms with Gasteiger partial charge in [-0.15, -0.1) is 12.4 Å². The van der Waals surface area contributed by atoms with Crippen molar-refractivity contribution in [3.63, 3.8) is 0 Å². The van der Waals surface area contributed by atoms with Gasteiger partial charge in [-0.2, -0.15) is 0 Å². The zero-order valence-corrected chi connectivity index (χ0v) is 17.8. The van der Waals surface area contributed by atoms with Gasteiger partial charge < -0.3 is 15.2 Å². The van der Waals surface area contributed by atoms with Gasteiger partial charge in [-0.3, -0.25) is 10.2 Å². The topological polar surface area (TPSA) is 85.4 Å². The largest absolute Gasteiger partial charge is 0.483 e. The molecule has 2 rings (SSSR count). The summed E-state index contributed by atoms with van der Waals surface area (Å²) in [7, 11) is 0. The zero-order chi connectivity index (χ0) is 19.7. The lowest BCUT2D eigenvalue weighted by Crippen LogP contribution is -2.31. The van der Waals surface area contributed by atoms with Crippen molar-refractivity contribution in [2.45, 2.75) is 70.8 Å². The summed E-state index contributed by atoms with van der Waals surface area (Å²) in [5, 5.41) is 7.53. The molecule has 0 radical (unpaired) electrons. The van der Waals surface area contributed by atoms with E-state index in [-0.39, 0.29) is 29.8 Å². The summed E-state index contributed by atoms with van der Waals surface area (Å²) < 4.78 is 11.1. The first-order valence-corrected chi connectivity index (χ1v) is 9.96. The van der Waals surface area contributed by atoms with E-state index in [2.05, 4.69) is 19.1 Å². The predicted molar refractivity (Wildman–Crippen MR) is 116 cm³/mol. The van der Waals surface area contributed by atoms with Crippen molar-refractivity contribution in [2.24, 2.45) is 5.73 Å². The van der Waals surface area contributed by atoms with Gasteiger partial charge in [0.25, 0.3) is 0 Å². The number of fused-ring (bicyclic) bond motifs is 1. The monoisotopic (exact) mass is 408 g/mol. The maximum atomic E-state index is 11.3. The molecule has 1 aliphatic rings. The Morgan fingerprint density at radius 2 is 1.86 bits per heavy atom. The van der Waals surface area contributed by atoms with E-state index in [4.69, 9.17) is 20.6 Å². The standard InChI is InChI=1S/C22H32N2O3.ClH/c1-3-26-20(25)10-8-6-4-5-7-9-14-22(2)15-13-17-16-18(21(23)24)11-12-19(17)27-22;/h11-13,15-16H,3-10,14H2,1-2H3,(H3,23,24);1H. The number of carbonyl (C=O) groups excluding carboxylic acids is 1. The maximum absolute atomic E-state index is 11.3. The minimum Gasteiger partial charge on any atom is -0.483 e. The van der Waals surface area contributed by atoms with Gasteiger partial charge in [0.2, 0.25) is 0 Å². The van der Waals surface area contributed by atoms with Crippen LogP contribution in [-0.2, 0) is 9.53 Å². The molecule has 6 heteroatoms. The van der Waals surface area contributed by atoms with Crippen LogP contribution in [0.4, 0.5) is 0 Å². The van der Waals surface area contributed by atoms with E-state index in [9.17, 15) is 4.79 Å². The van der Waals surface area contributed by atoms with Crippen molar-refractivity contribution in [1.29, 1.82) is 5.41 Å². The fraction of sp³-hybridized carbons (Fsp3) is 0.545. The molecule has 0 amide bonds. The van der Waals surface area contributed by atoms with Gasteiger partial charge in [0.1, 0.15) is 17.2 Å². The van der Waals surface area contributed by atoms with E-state index in [0.29, 0.717) is 18.6 Å². The minimum atomic E-state index is -0.283. The number of halogens is 1. The first kappa shape index (κ1) is 24.0. The van der Waals surface area contributed by atoms with Crippen LogP contribution in [0.1, 0.15) is 76.3 Å². The number of rotatable bonds is 11. The highest BCUT2D eigenvalue weighted by Gasteiger charge is 2.26. The number of esters is 1. The van der Waals surface area contributed by atoms with Crippen LogP contribution in [0, 0.1) is 5.41 Å². The number of hydrogen-bond donors (Lipinski definition) is 2. The molecule has 3 N–H and O–H groups in total. The van der Waals surface area contributed by atoms with E-state index in [1.54, 1.807) is 0 Å². The number of nitrogen functional groups attached to an aromatic ring is 1. The first-order chi connectivity index (χ1) is 12.9. The Morgan fingerprint density at radius 3 is 2.54 bits per heavy atom. The Balaban J connectivity index is 0.00000392. The molecule has 1 aromatic carbocycles. The van der Waals surface area contributed by atoms with Crippen molar-refractivity contribution in [1.82, 2.24) is 0 Å².